The van der Waals surface area contributed by atoms with Gasteiger partial charge in [0.1, 0.15) is 16.0 Å². The van der Waals surface area contributed by atoms with Crippen LogP contribution in [0.15, 0.2) is 18.3 Å². The zero-order valence-electron chi connectivity index (χ0n) is 9.75. The van der Waals surface area contributed by atoms with E-state index < -0.39 is 11.7 Å². The van der Waals surface area contributed by atoms with Crippen molar-refractivity contribution in [3.8, 4) is 0 Å². The first-order valence-electron chi connectivity index (χ1n) is 5.24. The minimum atomic E-state index is -4.44. The number of hydrogen-bond acceptors (Lipinski definition) is 4. The lowest BCUT2D eigenvalue weighted by atomic mass is 10.2. The van der Waals surface area contributed by atoms with E-state index in [1.54, 1.807) is 6.20 Å². The maximum Gasteiger partial charge on any atom is 0.416 e. The van der Waals surface area contributed by atoms with E-state index in [1.807, 2.05) is 6.92 Å². The molecule has 0 fully saturated rings. The fourth-order valence-corrected chi connectivity index (χ4v) is 2.34. The molecule has 1 N–H and O–H groups in total. The monoisotopic (exact) mass is 307 g/mol. The van der Waals surface area contributed by atoms with Gasteiger partial charge in [0.25, 0.3) is 0 Å². The number of alkyl halides is 3. The van der Waals surface area contributed by atoms with Crippen LogP contribution < -0.4 is 5.32 Å². The maximum absolute atomic E-state index is 12.6. The molecule has 0 aliphatic carbocycles. The van der Waals surface area contributed by atoms with Crippen LogP contribution in [0, 0.1) is 6.92 Å². The zero-order chi connectivity index (χ0) is 14.0. The molecule has 0 saturated heterocycles. The van der Waals surface area contributed by atoms with Gasteiger partial charge in [-0.2, -0.15) is 13.2 Å². The fraction of sp³-hybridized carbons (Fsp3) is 0.273. The summed E-state index contributed by atoms with van der Waals surface area (Å²) in [4.78, 5) is 8.93. The molecule has 8 heteroatoms. The second-order valence-electron chi connectivity index (χ2n) is 3.78. The van der Waals surface area contributed by atoms with E-state index in [0.717, 1.165) is 22.0 Å². The number of aryl methyl sites for hydroxylation is 1. The molecule has 0 aliphatic rings. The molecule has 0 saturated carbocycles. The second kappa shape index (κ2) is 5.34. The predicted molar refractivity (Wildman–Crippen MR) is 68.4 cm³/mol. The lowest BCUT2D eigenvalue weighted by Gasteiger charge is -2.10. The summed E-state index contributed by atoms with van der Waals surface area (Å²) >= 11 is 7.04. The summed E-state index contributed by atoms with van der Waals surface area (Å²) in [6, 6.07) is 1.71. The Morgan fingerprint density at radius 1 is 1.37 bits per heavy atom. The lowest BCUT2D eigenvalue weighted by molar-refractivity contribution is -0.137. The summed E-state index contributed by atoms with van der Waals surface area (Å²) in [5.74, 6) is 0.0766. The van der Waals surface area contributed by atoms with Crippen molar-refractivity contribution >= 4 is 28.8 Å². The summed E-state index contributed by atoms with van der Waals surface area (Å²) in [6.07, 6.45) is -2.74. The molecule has 0 bridgehead atoms. The molecule has 3 nitrogen and oxygen atoms in total. The van der Waals surface area contributed by atoms with Gasteiger partial charge in [-0.15, -0.1) is 11.3 Å². The third-order valence-electron chi connectivity index (χ3n) is 2.21. The number of hydrogen-bond donors (Lipinski definition) is 1. The van der Waals surface area contributed by atoms with Gasteiger partial charge in [-0.05, 0) is 19.1 Å². The van der Waals surface area contributed by atoms with E-state index in [0.29, 0.717) is 6.54 Å². The van der Waals surface area contributed by atoms with E-state index in [1.165, 1.54) is 11.3 Å². The molecule has 0 atom stereocenters. The first-order valence-corrected chi connectivity index (χ1v) is 6.44. The highest BCUT2D eigenvalue weighted by Gasteiger charge is 2.31. The fourth-order valence-electron chi connectivity index (χ4n) is 1.40. The molecule has 2 aromatic rings. The molecule has 102 valence electrons. The maximum atomic E-state index is 12.6. The summed E-state index contributed by atoms with van der Waals surface area (Å²) in [6.45, 7) is 2.21. The molecule has 0 radical (unpaired) electrons. The average molecular weight is 308 g/mol. The number of rotatable bonds is 3. The van der Waals surface area contributed by atoms with Gasteiger partial charge >= 0.3 is 6.18 Å². The number of halogens is 4. The number of thiazole rings is 1. The van der Waals surface area contributed by atoms with Crippen molar-refractivity contribution in [1.82, 2.24) is 9.97 Å². The smallest absolute Gasteiger partial charge is 0.363 e. The van der Waals surface area contributed by atoms with Crippen LogP contribution in [0.5, 0.6) is 0 Å². The van der Waals surface area contributed by atoms with Crippen LogP contribution in [0.1, 0.15) is 15.4 Å². The Labute approximate surface area is 116 Å². The predicted octanol–water partition coefficient (Wildman–Crippen LogP) is 4.13. The second-order valence-corrected chi connectivity index (χ2v) is 5.49. The third kappa shape index (κ3) is 3.81. The first-order chi connectivity index (χ1) is 8.84. The Bertz CT molecular complexity index is 583. The molecule has 2 heterocycles. The molecule has 2 rings (SSSR count). The van der Waals surface area contributed by atoms with Crippen LogP contribution in [0.2, 0.25) is 5.15 Å². The molecular weight excluding hydrogens is 299 g/mol. The molecule has 0 aromatic carbocycles. The van der Waals surface area contributed by atoms with Crippen LogP contribution >= 0.6 is 22.9 Å². The number of nitrogens with one attached hydrogen (secondary N) is 1. The largest absolute Gasteiger partial charge is 0.416 e. The highest BCUT2D eigenvalue weighted by Crippen LogP contribution is 2.32. The molecule has 0 spiro atoms. The topological polar surface area (TPSA) is 37.8 Å². The van der Waals surface area contributed by atoms with Crippen molar-refractivity contribution in [3.63, 3.8) is 0 Å². The van der Waals surface area contributed by atoms with E-state index in [4.69, 9.17) is 11.6 Å². The molecular formula is C11H9ClF3N3S. The van der Waals surface area contributed by atoms with Gasteiger partial charge < -0.3 is 5.32 Å². The Hall–Kier alpha value is -1.34. The minimum absolute atomic E-state index is 0.0766. The van der Waals surface area contributed by atoms with Crippen molar-refractivity contribution in [2.45, 2.75) is 19.6 Å². The van der Waals surface area contributed by atoms with E-state index in [2.05, 4.69) is 15.3 Å². The van der Waals surface area contributed by atoms with Gasteiger partial charge in [0, 0.05) is 11.1 Å². The van der Waals surface area contributed by atoms with Crippen molar-refractivity contribution < 1.29 is 13.2 Å². The van der Waals surface area contributed by atoms with Crippen LogP contribution in [0.4, 0.5) is 19.0 Å². The molecule has 0 amide bonds. The Kier molecular flexibility index (Phi) is 3.96. The van der Waals surface area contributed by atoms with Gasteiger partial charge in [-0.25, -0.2) is 9.97 Å². The van der Waals surface area contributed by atoms with Gasteiger partial charge in [-0.1, -0.05) is 11.6 Å². The highest BCUT2D eigenvalue weighted by atomic mass is 35.5. The molecule has 0 unspecified atom stereocenters. The lowest BCUT2D eigenvalue weighted by Crippen LogP contribution is -2.08. The van der Waals surface area contributed by atoms with Crippen molar-refractivity contribution in [2.24, 2.45) is 0 Å². The van der Waals surface area contributed by atoms with Crippen LogP contribution in [0.3, 0.4) is 0 Å². The Balaban J connectivity index is 2.14. The number of pyridine rings is 1. The van der Waals surface area contributed by atoms with Crippen LogP contribution in [0.25, 0.3) is 0 Å². The third-order valence-corrected chi connectivity index (χ3v) is 3.32. The van der Waals surface area contributed by atoms with Gasteiger partial charge in [-0.3, -0.25) is 0 Å². The average Bonchev–Trinajstić information content (AvgIpc) is 2.71. The molecule has 2 aromatic heterocycles. The van der Waals surface area contributed by atoms with Gasteiger partial charge in [0.15, 0.2) is 0 Å². The SMILES string of the molecule is Cc1cnc(CNc2cc(C(F)(F)F)cc(Cl)n2)s1. The number of aromatic nitrogens is 2. The summed E-state index contributed by atoms with van der Waals surface area (Å²) in [5.41, 5.74) is -0.828. The van der Waals surface area contributed by atoms with E-state index >= 15 is 0 Å². The zero-order valence-corrected chi connectivity index (χ0v) is 11.3. The van der Waals surface area contributed by atoms with Gasteiger partial charge in [0.2, 0.25) is 0 Å². The summed E-state index contributed by atoms with van der Waals surface area (Å²) < 4.78 is 37.8. The quantitative estimate of drug-likeness (QED) is 0.866. The molecule has 19 heavy (non-hydrogen) atoms. The van der Waals surface area contributed by atoms with Crippen LogP contribution in [-0.4, -0.2) is 9.97 Å². The van der Waals surface area contributed by atoms with E-state index in [-0.39, 0.29) is 11.0 Å². The summed E-state index contributed by atoms with van der Waals surface area (Å²) in [5, 5.41) is 3.35. The highest BCUT2D eigenvalue weighted by molar-refractivity contribution is 7.11. The standard InChI is InChI=1S/C11H9ClF3N3S/c1-6-4-17-10(19-6)5-16-9-3-7(11(13,14)15)2-8(12)18-9/h2-4H,5H2,1H3,(H,16,18). The van der Waals surface area contributed by atoms with Crippen molar-refractivity contribution in [3.05, 3.63) is 38.9 Å². The number of nitrogens with zero attached hydrogens (tertiary/aromatic N) is 2. The number of anilines is 1. The first kappa shape index (κ1) is 14.1. The Morgan fingerprint density at radius 2 is 2.11 bits per heavy atom. The molecule has 0 aliphatic heterocycles. The van der Waals surface area contributed by atoms with Crippen LogP contribution in [-0.2, 0) is 12.7 Å². The van der Waals surface area contributed by atoms with E-state index in [9.17, 15) is 13.2 Å². The van der Waals surface area contributed by atoms with Gasteiger partial charge in [0.05, 0.1) is 12.1 Å². The normalized spacial score (nSPS) is 11.6. The summed E-state index contributed by atoms with van der Waals surface area (Å²) in [7, 11) is 0. The van der Waals surface area contributed by atoms with Crippen molar-refractivity contribution in [2.75, 3.05) is 5.32 Å². The minimum Gasteiger partial charge on any atom is -0.363 e. The van der Waals surface area contributed by atoms with Crippen molar-refractivity contribution in [1.29, 1.82) is 0 Å². The Morgan fingerprint density at radius 3 is 2.68 bits per heavy atom.